The fraction of sp³-hybridized carbons (Fsp3) is 0.409. The van der Waals surface area contributed by atoms with Gasteiger partial charge in [-0.3, -0.25) is 9.69 Å². The van der Waals surface area contributed by atoms with Gasteiger partial charge in [0.1, 0.15) is 5.75 Å². The summed E-state index contributed by atoms with van der Waals surface area (Å²) >= 11 is 0. The van der Waals surface area contributed by atoms with Crippen LogP contribution in [0.25, 0.3) is 0 Å². The third kappa shape index (κ3) is 5.55. The van der Waals surface area contributed by atoms with E-state index in [-0.39, 0.29) is 12.0 Å². The largest absolute Gasteiger partial charge is 0.496 e. The highest BCUT2D eigenvalue weighted by atomic mass is 16.5. The Kier molecular flexibility index (Phi) is 7.25. The molecule has 1 atom stereocenters. The van der Waals surface area contributed by atoms with Crippen LogP contribution in [0, 0.1) is 0 Å². The van der Waals surface area contributed by atoms with Gasteiger partial charge in [0.05, 0.1) is 25.4 Å². The van der Waals surface area contributed by atoms with Crippen molar-refractivity contribution >= 4 is 5.91 Å². The van der Waals surface area contributed by atoms with Crippen LogP contribution in [0.4, 0.5) is 0 Å². The summed E-state index contributed by atoms with van der Waals surface area (Å²) in [6.45, 7) is 4.36. The molecule has 0 spiro atoms. The van der Waals surface area contributed by atoms with Crippen molar-refractivity contribution in [1.82, 2.24) is 10.2 Å². The Morgan fingerprint density at radius 1 is 1.15 bits per heavy atom. The summed E-state index contributed by atoms with van der Waals surface area (Å²) in [4.78, 5) is 14.7. The zero-order chi connectivity index (χ0) is 18.9. The first-order chi connectivity index (χ1) is 13.3. The lowest BCUT2D eigenvalue weighted by molar-refractivity contribution is -0.0303. The zero-order valence-corrected chi connectivity index (χ0v) is 15.9. The van der Waals surface area contributed by atoms with E-state index in [0.717, 1.165) is 39.1 Å². The summed E-state index contributed by atoms with van der Waals surface area (Å²) in [5, 5.41) is 2.98. The molecule has 0 saturated carbocycles. The molecule has 144 valence electrons. The maximum Gasteiger partial charge on any atom is 0.255 e. The van der Waals surface area contributed by atoms with Crippen LogP contribution in [0.5, 0.6) is 5.75 Å². The Bertz CT molecular complexity index is 721. The minimum absolute atomic E-state index is 0.0806. The van der Waals surface area contributed by atoms with Gasteiger partial charge in [-0.1, -0.05) is 42.5 Å². The van der Waals surface area contributed by atoms with E-state index >= 15 is 0 Å². The van der Waals surface area contributed by atoms with Gasteiger partial charge in [0.2, 0.25) is 0 Å². The zero-order valence-electron chi connectivity index (χ0n) is 15.9. The summed E-state index contributed by atoms with van der Waals surface area (Å²) < 4.78 is 11.2. The van der Waals surface area contributed by atoms with Crippen molar-refractivity contribution in [2.75, 3.05) is 39.9 Å². The lowest BCUT2D eigenvalue weighted by atomic mass is 10.1. The first-order valence-corrected chi connectivity index (χ1v) is 9.58. The Labute approximate surface area is 161 Å². The molecule has 2 aromatic rings. The van der Waals surface area contributed by atoms with Crippen molar-refractivity contribution in [1.29, 1.82) is 0 Å². The minimum Gasteiger partial charge on any atom is -0.496 e. The predicted molar refractivity (Wildman–Crippen MR) is 106 cm³/mol. The van der Waals surface area contributed by atoms with Gasteiger partial charge in [-0.25, -0.2) is 0 Å². The lowest BCUT2D eigenvalue weighted by Crippen LogP contribution is -2.39. The summed E-state index contributed by atoms with van der Waals surface area (Å²) in [6, 6.07) is 17.7. The SMILES string of the molecule is COc1ccccc1C(=O)NCCCCN1CCO[C@H](c2ccccc2)C1. The van der Waals surface area contributed by atoms with Gasteiger partial charge in [-0.2, -0.15) is 0 Å². The Morgan fingerprint density at radius 3 is 2.74 bits per heavy atom. The molecule has 0 aliphatic carbocycles. The van der Waals surface area contributed by atoms with E-state index < -0.39 is 0 Å². The van der Waals surface area contributed by atoms with Crippen molar-refractivity contribution < 1.29 is 14.3 Å². The topological polar surface area (TPSA) is 50.8 Å². The second-order valence-electron chi connectivity index (χ2n) is 6.73. The van der Waals surface area contributed by atoms with Crippen LogP contribution in [-0.4, -0.2) is 50.7 Å². The highest BCUT2D eigenvalue weighted by Crippen LogP contribution is 2.22. The number of nitrogens with one attached hydrogen (secondary N) is 1. The van der Waals surface area contributed by atoms with Crippen molar-refractivity contribution in [3.8, 4) is 5.75 Å². The number of unbranched alkanes of at least 4 members (excludes halogenated alkanes) is 1. The quantitative estimate of drug-likeness (QED) is 0.727. The molecule has 1 fully saturated rings. The van der Waals surface area contributed by atoms with E-state index in [1.54, 1.807) is 19.2 Å². The van der Waals surface area contributed by atoms with Gasteiger partial charge < -0.3 is 14.8 Å². The Hall–Kier alpha value is -2.37. The number of para-hydroxylation sites is 1. The molecule has 5 heteroatoms. The molecular weight excluding hydrogens is 340 g/mol. The molecule has 0 aromatic heterocycles. The van der Waals surface area contributed by atoms with Gasteiger partial charge in [0, 0.05) is 19.6 Å². The second kappa shape index (κ2) is 10.1. The van der Waals surface area contributed by atoms with E-state index in [0.29, 0.717) is 17.9 Å². The van der Waals surface area contributed by atoms with Gasteiger partial charge in [0.15, 0.2) is 0 Å². The molecule has 0 radical (unpaired) electrons. The Morgan fingerprint density at radius 2 is 1.93 bits per heavy atom. The third-order valence-electron chi connectivity index (χ3n) is 4.86. The minimum atomic E-state index is -0.0806. The number of nitrogens with zero attached hydrogens (tertiary/aromatic N) is 1. The van der Waals surface area contributed by atoms with Gasteiger partial charge in [-0.15, -0.1) is 0 Å². The molecule has 0 bridgehead atoms. The van der Waals surface area contributed by atoms with E-state index in [4.69, 9.17) is 9.47 Å². The summed E-state index contributed by atoms with van der Waals surface area (Å²) in [7, 11) is 1.58. The molecule has 1 saturated heterocycles. The number of hydrogen-bond donors (Lipinski definition) is 1. The molecule has 2 aromatic carbocycles. The number of rotatable bonds is 8. The molecule has 1 heterocycles. The lowest BCUT2D eigenvalue weighted by Gasteiger charge is -2.33. The fourth-order valence-corrected chi connectivity index (χ4v) is 3.36. The molecule has 0 unspecified atom stereocenters. The third-order valence-corrected chi connectivity index (χ3v) is 4.86. The number of ether oxygens (including phenoxy) is 2. The van der Waals surface area contributed by atoms with Crippen LogP contribution in [0.15, 0.2) is 54.6 Å². The second-order valence-corrected chi connectivity index (χ2v) is 6.73. The van der Waals surface area contributed by atoms with Crippen LogP contribution in [0.3, 0.4) is 0 Å². The van der Waals surface area contributed by atoms with Crippen LogP contribution < -0.4 is 10.1 Å². The molecule has 1 N–H and O–H groups in total. The van der Waals surface area contributed by atoms with Crippen LogP contribution in [-0.2, 0) is 4.74 Å². The normalized spacial score (nSPS) is 17.4. The Balaban J connectivity index is 1.37. The average Bonchev–Trinajstić information content (AvgIpc) is 2.74. The van der Waals surface area contributed by atoms with Gasteiger partial charge in [0.25, 0.3) is 5.91 Å². The molecule has 3 rings (SSSR count). The fourth-order valence-electron chi connectivity index (χ4n) is 3.36. The molecular formula is C22H28N2O3. The van der Waals surface area contributed by atoms with Crippen LogP contribution in [0.2, 0.25) is 0 Å². The molecule has 5 nitrogen and oxygen atoms in total. The molecule has 1 aliphatic rings. The number of benzene rings is 2. The maximum absolute atomic E-state index is 12.3. The number of carbonyl (C=O) groups is 1. The summed E-state index contributed by atoms with van der Waals surface area (Å²) in [5.41, 5.74) is 1.82. The van der Waals surface area contributed by atoms with E-state index in [9.17, 15) is 4.79 Å². The van der Waals surface area contributed by atoms with Crippen LogP contribution in [0.1, 0.15) is 34.9 Å². The smallest absolute Gasteiger partial charge is 0.255 e. The molecule has 27 heavy (non-hydrogen) atoms. The highest BCUT2D eigenvalue weighted by Gasteiger charge is 2.21. The maximum atomic E-state index is 12.3. The van der Waals surface area contributed by atoms with Crippen LogP contribution >= 0.6 is 0 Å². The first kappa shape index (κ1) is 19.4. The summed E-state index contributed by atoms with van der Waals surface area (Å²) in [5.74, 6) is 0.526. The van der Waals surface area contributed by atoms with E-state index in [1.807, 2.05) is 18.2 Å². The molecule has 1 amide bonds. The van der Waals surface area contributed by atoms with Gasteiger partial charge >= 0.3 is 0 Å². The number of hydrogen-bond acceptors (Lipinski definition) is 4. The van der Waals surface area contributed by atoms with E-state index in [2.05, 4.69) is 34.5 Å². The monoisotopic (exact) mass is 368 g/mol. The number of morpholine rings is 1. The predicted octanol–water partition coefficient (Wildman–Crippen LogP) is 3.28. The van der Waals surface area contributed by atoms with Crippen molar-refractivity contribution in [2.24, 2.45) is 0 Å². The number of methoxy groups -OCH3 is 1. The highest BCUT2D eigenvalue weighted by molar-refractivity contribution is 5.96. The van der Waals surface area contributed by atoms with E-state index in [1.165, 1.54) is 5.56 Å². The van der Waals surface area contributed by atoms with Crippen molar-refractivity contribution in [2.45, 2.75) is 18.9 Å². The number of amides is 1. The number of carbonyl (C=O) groups excluding carboxylic acids is 1. The summed E-state index contributed by atoms with van der Waals surface area (Å²) in [6.07, 6.45) is 2.16. The van der Waals surface area contributed by atoms with Gasteiger partial charge in [-0.05, 0) is 37.1 Å². The molecule has 1 aliphatic heterocycles. The first-order valence-electron chi connectivity index (χ1n) is 9.58. The van der Waals surface area contributed by atoms with Crippen molar-refractivity contribution in [3.63, 3.8) is 0 Å². The standard InChI is InChI=1S/C22H28N2O3/c1-26-20-12-6-5-11-19(20)22(25)23-13-7-8-14-24-15-16-27-21(17-24)18-9-3-2-4-10-18/h2-6,9-12,21H,7-8,13-17H2,1H3,(H,23,25)/t21-/m0/s1. The van der Waals surface area contributed by atoms with Crippen molar-refractivity contribution in [3.05, 3.63) is 65.7 Å². The average molecular weight is 368 g/mol.